The highest BCUT2D eigenvalue weighted by molar-refractivity contribution is 5.60. The van der Waals surface area contributed by atoms with Gasteiger partial charge in [-0.25, -0.2) is 9.37 Å². The Morgan fingerprint density at radius 2 is 1.77 bits per heavy atom. The average Bonchev–Trinajstić information content (AvgIpc) is 3.30. The van der Waals surface area contributed by atoms with E-state index in [0.29, 0.717) is 17.3 Å². The zero-order valence-corrected chi connectivity index (χ0v) is 17.0. The normalized spacial score (nSPS) is 18.6. The standard InChI is InChI=1S/C23H26FN5O/c24-19-6-4-5-17(15-19)22-26-23(30-27-22)18-7-8-21(25-16-18)29-13-9-20(10-14-29)28-11-2-1-3-12-28/h4-8,15-16,20H,1-3,9-14H2. The van der Waals surface area contributed by atoms with Crippen LogP contribution in [0.2, 0.25) is 0 Å². The molecule has 4 heterocycles. The maximum atomic E-state index is 13.4. The third-order valence-electron chi connectivity index (χ3n) is 6.20. The van der Waals surface area contributed by atoms with E-state index < -0.39 is 0 Å². The number of pyridine rings is 1. The summed E-state index contributed by atoms with van der Waals surface area (Å²) in [5, 5.41) is 3.97. The Balaban J connectivity index is 1.23. The van der Waals surface area contributed by atoms with Crippen molar-refractivity contribution in [1.82, 2.24) is 20.0 Å². The van der Waals surface area contributed by atoms with Crippen molar-refractivity contribution in [1.29, 1.82) is 0 Å². The van der Waals surface area contributed by atoms with Crippen LogP contribution in [0.25, 0.3) is 22.8 Å². The fourth-order valence-corrected chi connectivity index (χ4v) is 4.53. The van der Waals surface area contributed by atoms with E-state index in [2.05, 4.69) is 24.9 Å². The van der Waals surface area contributed by atoms with Crippen LogP contribution in [0.5, 0.6) is 0 Å². The Labute approximate surface area is 175 Å². The molecule has 2 aliphatic rings. The van der Waals surface area contributed by atoms with E-state index in [9.17, 15) is 4.39 Å². The summed E-state index contributed by atoms with van der Waals surface area (Å²) in [4.78, 5) is 14.1. The molecule has 2 saturated heterocycles. The van der Waals surface area contributed by atoms with Gasteiger partial charge in [0.2, 0.25) is 5.82 Å². The van der Waals surface area contributed by atoms with Gasteiger partial charge in [0.15, 0.2) is 0 Å². The molecule has 2 aliphatic heterocycles. The van der Waals surface area contributed by atoms with Gasteiger partial charge in [0.1, 0.15) is 11.6 Å². The zero-order valence-electron chi connectivity index (χ0n) is 17.0. The van der Waals surface area contributed by atoms with E-state index in [4.69, 9.17) is 4.52 Å². The predicted molar refractivity (Wildman–Crippen MR) is 114 cm³/mol. The summed E-state index contributed by atoms with van der Waals surface area (Å²) in [6.45, 7) is 4.61. The molecular formula is C23H26FN5O. The average molecular weight is 407 g/mol. The molecule has 5 rings (SSSR count). The first kappa shape index (κ1) is 19.2. The largest absolute Gasteiger partial charge is 0.357 e. The fraction of sp³-hybridized carbons (Fsp3) is 0.435. The van der Waals surface area contributed by atoms with Crippen LogP contribution in [-0.2, 0) is 0 Å². The number of piperidine rings is 2. The second kappa shape index (κ2) is 8.52. The highest BCUT2D eigenvalue weighted by atomic mass is 19.1. The topological polar surface area (TPSA) is 58.3 Å². The lowest BCUT2D eigenvalue weighted by Gasteiger charge is -2.40. The lowest BCUT2D eigenvalue weighted by atomic mass is 10.00. The van der Waals surface area contributed by atoms with E-state index in [0.717, 1.165) is 30.5 Å². The second-order valence-electron chi connectivity index (χ2n) is 8.15. The molecule has 0 amide bonds. The molecule has 0 saturated carbocycles. The molecule has 0 spiro atoms. The van der Waals surface area contributed by atoms with Crippen LogP contribution in [0.4, 0.5) is 10.2 Å². The van der Waals surface area contributed by atoms with Crippen LogP contribution in [0, 0.1) is 5.82 Å². The summed E-state index contributed by atoms with van der Waals surface area (Å²) in [5.41, 5.74) is 1.35. The Morgan fingerprint density at radius 3 is 2.50 bits per heavy atom. The molecule has 2 fully saturated rings. The van der Waals surface area contributed by atoms with Crippen molar-refractivity contribution in [2.24, 2.45) is 0 Å². The maximum Gasteiger partial charge on any atom is 0.259 e. The minimum absolute atomic E-state index is 0.325. The van der Waals surface area contributed by atoms with Crippen molar-refractivity contribution >= 4 is 5.82 Å². The van der Waals surface area contributed by atoms with Crippen molar-refractivity contribution in [2.75, 3.05) is 31.1 Å². The number of hydrogen-bond donors (Lipinski definition) is 0. The van der Waals surface area contributed by atoms with Gasteiger partial charge >= 0.3 is 0 Å². The van der Waals surface area contributed by atoms with E-state index in [-0.39, 0.29) is 5.82 Å². The summed E-state index contributed by atoms with van der Waals surface area (Å²) in [6.07, 6.45) is 8.25. The lowest BCUT2D eigenvalue weighted by molar-refractivity contribution is 0.141. The zero-order chi connectivity index (χ0) is 20.3. The molecule has 0 aliphatic carbocycles. The molecule has 6 nitrogen and oxygen atoms in total. The number of anilines is 1. The number of benzene rings is 1. The molecular weight excluding hydrogens is 381 g/mol. The van der Waals surface area contributed by atoms with E-state index in [1.807, 2.05) is 12.1 Å². The molecule has 30 heavy (non-hydrogen) atoms. The first-order chi connectivity index (χ1) is 14.8. The van der Waals surface area contributed by atoms with Gasteiger partial charge in [-0.15, -0.1) is 0 Å². The van der Waals surface area contributed by atoms with Crippen LogP contribution in [0.3, 0.4) is 0 Å². The third-order valence-corrected chi connectivity index (χ3v) is 6.20. The maximum absolute atomic E-state index is 13.4. The summed E-state index contributed by atoms with van der Waals surface area (Å²) >= 11 is 0. The van der Waals surface area contributed by atoms with Crippen molar-refractivity contribution in [2.45, 2.75) is 38.1 Å². The van der Waals surface area contributed by atoms with Crippen LogP contribution < -0.4 is 4.90 Å². The fourth-order valence-electron chi connectivity index (χ4n) is 4.53. The highest BCUT2D eigenvalue weighted by Crippen LogP contribution is 2.26. The van der Waals surface area contributed by atoms with E-state index in [1.54, 1.807) is 18.3 Å². The van der Waals surface area contributed by atoms with Gasteiger partial charge in [0.25, 0.3) is 5.89 Å². The smallest absolute Gasteiger partial charge is 0.259 e. The van der Waals surface area contributed by atoms with Crippen molar-refractivity contribution < 1.29 is 8.91 Å². The van der Waals surface area contributed by atoms with Gasteiger partial charge < -0.3 is 14.3 Å². The quantitative estimate of drug-likeness (QED) is 0.639. The summed E-state index contributed by atoms with van der Waals surface area (Å²) < 4.78 is 18.8. The second-order valence-corrected chi connectivity index (χ2v) is 8.15. The first-order valence-corrected chi connectivity index (χ1v) is 10.8. The summed E-state index contributed by atoms with van der Waals surface area (Å²) in [5.74, 6) is 1.42. The van der Waals surface area contributed by atoms with Crippen molar-refractivity contribution in [3.05, 3.63) is 48.4 Å². The SMILES string of the molecule is Fc1cccc(-c2noc(-c3ccc(N4CCC(N5CCCCC5)CC4)nc3)n2)c1. The van der Waals surface area contributed by atoms with Crippen LogP contribution in [0.1, 0.15) is 32.1 Å². The summed E-state index contributed by atoms with van der Waals surface area (Å²) in [6, 6.07) is 10.9. The van der Waals surface area contributed by atoms with Gasteiger partial charge in [0, 0.05) is 30.9 Å². The number of rotatable bonds is 4. The number of likely N-dealkylation sites (tertiary alicyclic amines) is 1. The number of halogens is 1. The highest BCUT2D eigenvalue weighted by Gasteiger charge is 2.26. The van der Waals surface area contributed by atoms with Gasteiger partial charge in [0.05, 0.1) is 5.56 Å². The van der Waals surface area contributed by atoms with Gasteiger partial charge in [-0.05, 0) is 63.0 Å². The van der Waals surface area contributed by atoms with Crippen LogP contribution in [-0.4, -0.2) is 52.2 Å². The van der Waals surface area contributed by atoms with E-state index >= 15 is 0 Å². The number of aromatic nitrogens is 3. The van der Waals surface area contributed by atoms with Gasteiger partial charge in [-0.2, -0.15) is 4.98 Å². The monoisotopic (exact) mass is 407 g/mol. The molecule has 3 aromatic rings. The molecule has 0 bridgehead atoms. The molecule has 1 aromatic carbocycles. The van der Waals surface area contributed by atoms with Gasteiger partial charge in [-0.1, -0.05) is 23.7 Å². The molecule has 156 valence electrons. The summed E-state index contributed by atoms with van der Waals surface area (Å²) in [7, 11) is 0. The molecule has 0 N–H and O–H groups in total. The Bertz CT molecular complexity index is 975. The molecule has 0 unspecified atom stereocenters. The minimum Gasteiger partial charge on any atom is -0.357 e. The van der Waals surface area contributed by atoms with Crippen LogP contribution in [0.15, 0.2) is 47.1 Å². The minimum atomic E-state index is -0.325. The lowest BCUT2D eigenvalue weighted by Crippen LogP contribution is -2.46. The number of hydrogen-bond acceptors (Lipinski definition) is 6. The van der Waals surface area contributed by atoms with Gasteiger partial charge in [-0.3, -0.25) is 0 Å². The van der Waals surface area contributed by atoms with Crippen molar-refractivity contribution in [3.8, 4) is 22.8 Å². The van der Waals surface area contributed by atoms with Crippen molar-refractivity contribution in [3.63, 3.8) is 0 Å². The van der Waals surface area contributed by atoms with Crippen LogP contribution >= 0.6 is 0 Å². The number of nitrogens with zero attached hydrogens (tertiary/aromatic N) is 5. The molecule has 7 heteroatoms. The first-order valence-electron chi connectivity index (χ1n) is 10.8. The Kier molecular flexibility index (Phi) is 5.45. The molecule has 0 radical (unpaired) electrons. The third kappa shape index (κ3) is 4.07. The Hall–Kier alpha value is -2.80. The predicted octanol–water partition coefficient (Wildman–Crippen LogP) is 4.39. The Morgan fingerprint density at radius 1 is 0.933 bits per heavy atom. The van der Waals surface area contributed by atoms with E-state index in [1.165, 1.54) is 57.3 Å². The molecule has 0 atom stereocenters. The molecule has 2 aromatic heterocycles.